The predicted octanol–water partition coefficient (Wildman–Crippen LogP) is 0.869. The van der Waals surface area contributed by atoms with Gasteiger partial charge >= 0.3 is 0 Å². The topological polar surface area (TPSA) is 82.5 Å². The summed E-state index contributed by atoms with van der Waals surface area (Å²) in [7, 11) is 1.67. The van der Waals surface area contributed by atoms with Crippen LogP contribution in [-0.4, -0.2) is 53.9 Å². The average Bonchev–Trinajstić information content (AvgIpc) is 3.04. The molecule has 1 N–H and O–H groups in total. The van der Waals surface area contributed by atoms with Crippen molar-refractivity contribution in [3.05, 3.63) is 17.0 Å². The van der Waals surface area contributed by atoms with Crippen molar-refractivity contribution in [2.75, 3.05) is 20.3 Å². The van der Waals surface area contributed by atoms with Gasteiger partial charge in [0.25, 0.3) is 0 Å². The van der Waals surface area contributed by atoms with E-state index in [9.17, 15) is 9.59 Å². The smallest absolute Gasteiger partial charge is 0.241 e. The molecule has 1 aliphatic carbocycles. The largest absolute Gasteiger partial charge is 0.384 e. The molecule has 1 amide bonds. The highest BCUT2D eigenvalue weighted by molar-refractivity contribution is 5.96. The lowest BCUT2D eigenvalue weighted by Gasteiger charge is -2.47. The van der Waals surface area contributed by atoms with E-state index in [2.05, 4.69) is 10.4 Å². The van der Waals surface area contributed by atoms with Gasteiger partial charge in [0.05, 0.1) is 24.0 Å². The molecule has 0 spiro atoms. The minimum absolute atomic E-state index is 0.0262. The lowest BCUT2D eigenvalue weighted by atomic mass is 9.67. The summed E-state index contributed by atoms with van der Waals surface area (Å²) in [6.07, 6.45) is 1.18. The van der Waals surface area contributed by atoms with Crippen LogP contribution in [-0.2, 0) is 20.8 Å². The first-order chi connectivity index (χ1) is 11.4. The highest BCUT2D eigenvalue weighted by Gasteiger charge is 2.54. The number of carbonyl (C=O) groups is 2. The summed E-state index contributed by atoms with van der Waals surface area (Å²) >= 11 is 0. The van der Waals surface area contributed by atoms with Crippen LogP contribution in [0, 0.1) is 25.7 Å². The molecule has 1 aromatic rings. The number of hydrogen-bond donors (Lipinski definition) is 1. The summed E-state index contributed by atoms with van der Waals surface area (Å²) in [5.41, 5.74) is 2.00. The van der Waals surface area contributed by atoms with E-state index in [1.807, 2.05) is 6.92 Å². The molecule has 0 unspecified atom stereocenters. The van der Waals surface area contributed by atoms with Gasteiger partial charge < -0.3 is 14.8 Å². The molecule has 1 saturated carbocycles. The average molecular weight is 335 g/mol. The maximum atomic E-state index is 12.5. The van der Waals surface area contributed by atoms with Gasteiger partial charge in [0, 0.05) is 37.3 Å². The van der Waals surface area contributed by atoms with E-state index in [0.29, 0.717) is 23.8 Å². The number of nitrogens with one attached hydrogen (secondary N) is 1. The number of ketones is 1. The first-order valence-electron chi connectivity index (χ1n) is 8.39. The SMILES string of the molecule is COC[C@@H]1[C@H](NC(=O)Cn2nc(C)c(C(C)=O)c2C)[C@H]2CCO[C@H]21. The summed E-state index contributed by atoms with van der Waals surface area (Å²) in [6, 6.07) is 0.0918. The van der Waals surface area contributed by atoms with Crippen LogP contribution in [0.4, 0.5) is 0 Å². The lowest BCUT2D eigenvalue weighted by Crippen LogP contribution is -2.63. The number of nitrogens with zero attached hydrogens (tertiary/aromatic N) is 2. The summed E-state index contributed by atoms with van der Waals surface area (Å²) in [5.74, 6) is 0.468. The summed E-state index contributed by atoms with van der Waals surface area (Å²) < 4.78 is 12.6. The van der Waals surface area contributed by atoms with Crippen molar-refractivity contribution < 1.29 is 19.1 Å². The van der Waals surface area contributed by atoms with Gasteiger partial charge in [-0.15, -0.1) is 0 Å². The molecule has 2 aliphatic rings. The Morgan fingerprint density at radius 1 is 1.42 bits per heavy atom. The van der Waals surface area contributed by atoms with Gasteiger partial charge in [0.15, 0.2) is 5.78 Å². The van der Waals surface area contributed by atoms with Gasteiger partial charge in [0.2, 0.25) is 5.91 Å². The molecule has 132 valence electrons. The Kier molecular flexibility index (Phi) is 4.73. The van der Waals surface area contributed by atoms with Gasteiger partial charge in [-0.25, -0.2) is 0 Å². The fourth-order valence-electron chi connectivity index (χ4n) is 4.16. The third-order valence-electron chi connectivity index (χ3n) is 5.24. The fourth-order valence-corrected chi connectivity index (χ4v) is 4.16. The van der Waals surface area contributed by atoms with Gasteiger partial charge in [-0.3, -0.25) is 14.3 Å². The molecule has 1 aliphatic heterocycles. The normalized spacial score (nSPS) is 28.3. The van der Waals surface area contributed by atoms with Gasteiger partial charge in [-0.05, 0) is 27.2 Å². The quantitative estimate of drug-likeness (QED) is 0.780. The number of aryl methyl sites for hydroxylation is 1. The van der Waals surface area contributed by atoms with Gasteiger partial charge in [-0.1, -0.05) is 0 Å². The summed E-state index contributed by atoms with van der Waals surface area (Å²) in [6.45, 7) is 6.59. The number of hydrogen-bond acceptors (Lipinski definition) is 5. The second-order valence-corrected chi connectivity index (χ2v) is 6.76. The highest BCUT2D eigenvalue weighted by atomic mass is 16.5. The number of ether oxygens (including phenoxy) is 2. The zero-order chi connectivity index (χ0) is 17.4. The van der Waals surface area contributed by atoms with E-state index in [1.165, 1.54) is 6.92 Å². The van der Waals surface area contributed by atoms with E-state index in [0.717, 1.165) is 18.7 Å². The number of Topliss-reactive ketones (excluding diaryl/α,β-unsaturated/α-hetero) is 1. The first-order valence-corrected chi connectivity index (χ1v) is 8.39. The van der Waals surface area contributed by atoms with Crippen LogP contribution in [0.15, 0.2) is 0 Å². The van der Waals surface area contributed by atoms with Crippen molar-refractivity contribution >= 4 is 11.7 Å². The van der Waals surface area contributed by atoms with Gasteiger partial charge in [-0.2, -0.15) is 5.10 Å². The second kappa shape index (κ2) is 6.64. The Labute approximate surface area is 141 Å². The molecule has 0 aromatic carbocycles. The molecule has 0 bridgehead atoms. The van der Waals surface area contributed by atoms with E-state index in [1.54, 1.807) is 18.7 Å². The molecule has 1 saturated heterocycles. The van der Waals surface area contributed by atoms with E-state index >= 15 is 0 Å². The molecule has 7 heteroatoms. The number of fused-ring (bicyclic) bond motifs is 1. The Morgan fingerprint density at radius 2 is 2.17 bits per heavy atom. The fraction of sp³-hybridized carbons (Fsp3) is 0.706. The Hall–Kier alpha value is -1.73. The first kappa shape index (κ1) is 17.1. The van der Waals surface area contributed by atoms with Crippen molar-refractivity contribution in [1.29, 1.82) is 0 Å². The number of aromatic nitrogens is 2. The number of amides is 1. The third-order valence-corrected chi connectivity index (χ3v) is 5.24. The number of methoxy groups -OCH3 is 1. The van der Waals surface area contributed by atoms with Crippen LogP contribution in [0.25, 0.3) is 0 Å². The predicted molar refractivity (Wildman–Crippen MR) is 86.8 cm³/mol. The standard InChI is InChI=1S/C17H25N3O4/c1-9-15(11(3)21)10(2)20(19-9)7-14(22)18-16-12-5-6-24-17(12)13(16)8-23-4/h12-13,16-17H,5-8H2,1-4H3,(H,18,22)/t12-,13-,16-,17-/m1/s1. The molecule has 2 fully saturated rings. The van der Waals surface area contributed by atoms with Crippen LogP contribution in [0.2, 0.25) is 0 Å². The van der Waals surface area contributed by atoms with Crippen LogP contribution < -0.4 is 5.32 Å². The van der Waals surface area contributed by atoms with Crippen molar-refractivity contribution in [2.24, 2.45) is 11.8 Å². The summed E-state index contributed by atoms with van der Waals surface area (Å²) in [5, 5.41) is 7.44. The molecule has 4 atom stereocenters. The molecular weight excluding hydrogens is 310 g/mol. The zero-order valence-electron chi connectivity index (χ0n) is 14.7. The number of carbonyl (C=O) groups excluding carboxylic acids is 2. The monoisotopic (exact) mass is 335 g/mol. The minimum Gasteiger partial charge on any atom is -0.384 e. The van der Waals surface area contributed by atoms with E-state index in [-0.39, 0.29) is 36.3 Å². The Balaban J connectivity index is 1.66. The van der Waals surface area contributed by atoms with Crippen molar-refractivity contribution in [3.63, 3.8) is 0 Å². The van der Waals surface area contributed by atoms with Crippen LogP contribution in [0.3, 0.4) is 0 Å². The minimum atomic E-state index is -0.0906. The molecule has 0 radical (unpaired) electrons. The lowest BCUT2D eigenvalue weighted by molar-refractivity contribution is -0.130. The molecule has 1 aromatic heterocycles. The zero-order valence-corrected chi connectivity index (χ0v) is 14.7. The Morgan fingerprint density at radius 3 is 2.79 bits per heavy atom. The molecule has 7 nitrogen and oxygen atoms in total. The van der Waals surface area contributed by atoms with Crippen LogP contribution >= 0.6 is 0 Å². The second-order valence-electron chi connectivity index (χ2n) is 6.76. The molecule has 24 heavy (non-hydrogen) atoms. The molecule has 2 heterocycles. The van der Waals surface area contributed by atoms with E-state index < -0.39 is 0 Å². The van der Waals surface area contributed by atoms with Crippen LogP contribution in [0.1, 0.15) is 35.1 Å². The van der Waals surface area contributed by atoms with Crippen LogP contribution in [0.5, 0.6) is 0 Å². The Bertz CT molecular complexity index is 655. The molecular formula is C17H25N3O4. The van der Waals surface area contributed by atoms with Crippen molar-refractivity contribution in [3.8, 4) is 0 Å². The third kappa shape index (κ3) is 2.86. The maximum absolute atomic E-state index is 12.5. The highest BCUT2D eigenvalue weighted by Crippen LogP contribution is 2.43. The number of rotatable bonds is 6. The van der Waals surface area contributed by atoms with Gasteiger partial charge in [0.1, 0.15) is 6.54 Å². The van der Waals surface area contributed by atoms with Crippen molar-refractivity contribution in [2.45, 2.75) is 45.9 Å². The summed E-state index contributed by atoms with van der Waals surface area (Å²) in [4.78, 5) is 24.1. The van der Waals surface area contributed by atoms with Crippen molar-refractivity contribution in [1.82, 2.24) is 15.1 Å². The van der Waals surface area contributed by atoms with E-state index in [4.69, 9.17) is 9.47 Å². The maximum Gasteiger partial charge on any atom is 0.241 e. The molecule has 3 rings (SSSR count).